The van der Waals surface area contributed by atoms with Gasteiger partial charge in [0.2, 0.25) is 6.08 Å². The molecule has 0 unspecified atom stereocenters. The van der Waals surface area contributed by atoms with Crippen molar-refractivity contribution < 1.29 is 14.3 Å². The van der Waals surface area contributed by atoms with Crippen LogP contribution in [0.2, 0.25) is 0 Å². The summed E-state index contributed by atoms with van der Waals surface area (Å²) in [5.41, 5.74) is 1.59. The SMILES string of the molecule is COc1cc(C)c(C2(N=C=O)CC2)c(OC)c1. The summed E-state index contributed by atoms with van der Waals surface area (Å²) in [6, 6.07) is 3.75. The number of isocyanates is 1. The Morgan fingerprint density at radius 1 is 1.29 bits per heavy atom. The standard InChI is InChI=1S/C13H15NO3/c1-9-6-10(16-2)7-11(17-3)12(9)13(4-5-13)14-8-15/h6-7H,4-5H2,1-3H3. The molecular formula is C13H15NO3. The molecule has 17 heavy (non-hydrogen) atoms. The predicted molar refractivity (Wildman–Crippen MR) is 63.3 cm³/mol. The summed E-state index contributed by atoms with van der Waals surface area (Å²) in [5, 5.41) is 0. The van der Waals surface area contributed by atoms with E-state index in [1.54, 1.807) is 20.3 Å². The minimum Gasteiger partial charge on any atom is -0.497 e. The van der Waals surface area contributed by atoms with Gasteiger partial charge in [0.05, 0.1) is 14.2 Å². The van der Waals surface area contributed by atoms with Crippen molar-refractivity contribution in [1.29, 1.82) is 0 Å². The fourth-order valence-corrected chi connectivity index (χ4v) is 2.22. The van der Waals surface area contributed by atoms with E-state index in [1.807, 2.05) is 19.1 Å². The fourth-order valence-electron chi connectivity index (χ4n) is 2.22. The minimum atomic E-state index is -0.413. The third-order valence-electron chi connectivity index (χ3n) is 3.18. The molecule has 0 atom stereocenters. The molecule has 1 saturated carbocycles. The smallest absolute Gasteiger partial charge is 0.235 e. The molecule has 0 heterocycles. The van der Waals surface area contributed by atoms with Crippen molar-refractivity contribution in [2.45, 2.75) is 25.3 Å². The highest BCUT2D eigenvalue weighted by atomic mass is 16.5. The molecule has 4 heteroatoms. The zero-order chi connectivity index (χ0) is 12.5. The number of hydrogen-bond donors (Lipinski definition) is 0. The Bertz CT molecular complexity index is 486. The number of nitrogens with zero attached hydrogens (tertiary/aromatic N) is 1. The summed E-state index contributed by atoms with van der Waals surface area (Å²) in [6.45, 7) is 1.97. The van der Waals surface area contributed by atoms with Gasteiger partial charge >= 0.3 is 0 Å². The summed E-state index contributed by atoms with van der Waals surface area (Å²) < 4.78 is 10.6. The van der Waals surface area contributed by atoms with E-state index in [1.165, 1.54) is 0 Å². The molecule has 0 saturated heterocycles. The van der Waals surface area contributed by atoms with Gasteiger partial charge in [0.15, 0.2) is 0 Å². The zero-order valence-electron chi connectivity index (χ0n) is 10.2. The van der Waals surface area contributed by atoms with Gasteiger partial charge in [-0.3, -0.25) is 0 Å². The Morgan fingerprint density at radius 2 is 2.00 bits per heavy atom. The van der Waals surface area contributed by atoms with Gasteiger partial charge in [0.1, 0.15) is 17.0 Å². The summed E-state index contributed by atoms with van der Waals surface area (Å²) in [5.74, 6) is 1.47. The maximum atomic E-state index is 10.5. The lowest BCUT2D eigenvalue weighted by Crippen LogP contribution is -2.08. The highest BCUT2D eigenvalue weighted by Gasteiger charge is 2.47. The van der Waals surface area contributed by atoms with E-state index < -0.39 is 5.54 Å². The second-order valence-corrected chi connectivity index (χ2v) is 4.26. The van der Waals surface area contributed by atoms with Crippen LogP contribution in [0.1, 0.15) is 24.0 Å². The maximum Gasteiger partial charge on any atom is 0.235 e. The summed E-state index contributed by atoms with van der Waals surface area (Å²) in [4.78, 5) is 14.4. The van der Waals surface area contributed by atoms with Crippen LogP contribution in [0, 0.1) is 6.92 Å². The number of ether oxygens (including phenoxy) is 2. The Kier molecular flexibility index (Phi) is 2.90. The first-order chi connectivity index (χ1) is 8.16. The van der Waals surface area contributed by atoms with E-state index >= 15 is 0 Å². The molecule has 0 spiro atoms. The normalized spacial score (nSPS) is 15.9. The van der Waals surface area contributed by atoms with E-state index in [0.717, 1.165) is 35.5 Å². The molecule has 1 aliphatic rings. The van der Waals surface area contributed by atoms with E-state index in [4.69, 9.17) is 9.47 Å². The van der Waals surface area contributed by atoms with Crippen molar-refractivity contribution in [3.8, 4) is 11.5 Å². The molecule has 0 N–H and O–H groups in total. The number of hydrogen-bond acceptors (Lipinski definition) is 4. The van der Waals surface area contributed by atoms with E-state index in [9.17, 15) is 4.79 Å². The number of aryl methyl sites for hydroxylation is 1. The maximum absolute atomic E-state index is 10.5. The molecule has 0 aromatic heterocycles. The van der Waals surface area contributed by atoms with Gasteiger partial charge in [-0.2, -0.15) is 4.99 Å². The van der Waals surface area contributed by atoms with Crippen molar-refractivity contribution in [2.75, 3.05) is 14.2 Å². The number of rotatable bonds is 4. The molecule has 4 nitrogen and oxygen atoms in total. The molecule has 1 aromatic carbocycles. The quantitative estimate of drug-likeness (QED) is 0.592. The zero-order valence-corrected chi connectivity index (χ0v) is 10.2. The lowest BCUT2D eigenvalue weighted by Gasteiger charge is -2.17. The van der Waals surface area contributed by atoms with Crippen molar-refractivity contribution in [2.24, 2.45) is 4.99 Å². The average molecular weight is 233 g/mol. The van der Waals surface area contributed by atoms with Crippen molar-refractivity contribution in [1.82, 2.24) is 0 Å². The first kappa shape index (κ1) is 11.7. The van der Waals surface area contributed by atoms with Gasteiger partial charge in [0, 0.05) is 11.6 Å². The van der Waals surface area contributed by atoms with Crippen molar-refractivity contribution >= 4 is 6.08 Å². The van der Waals surface area contributed by atoms with Crippen LogP contribution in [0.3, 0.4) is 0 Å². The van der Waals surface area contributed by atoms with Crippen LogP contribution < -0.4 is 9.47 Å². The van der Waals surface area contributed by atoms with Crippen LogP contribution in [0.4, 0.5) is 0 Å². The number of carbonyl (C=O) groups excluding carboxylic acids is 1. The van der Waals surface area contributed by atoms with Crippen molar-refractivity contribution in [3.05, 3.63) is 23.3 Å². The number of benzene rings is 1. The van der Waals surface area contributed by atoms with Gasteiger partial charge < -0.3 is 9.47 Å². The molecule has 90 valence electrons. The van der Waals surface area contributed by atoms with Crippen LogP contribution in [0.5, 0.6) is 11.5 Å². The number of methoxy groups -OCH3 is 2. The molecule has 1 aromatic rings. The molecule has 0 aliphatic heterocycles. The van der Waals surface area contributed by atoms with Gasteiger partial charge in [-0.1, -0.05) is 0 Å². The fraction of sp³-hybridized carbons (Fsp3) is 0.462. The van der Waals surface area contributed by atoms with Crippen LogP contribution >= 0.6 is 0 Å². The second kappa shape index (κ2) is 4.22. The summed E-state index contributed by atoms with van der Waals surface area (Å²) in [6.07, 6.45) is 3.40. The van der Waals surface area contributed by atoms with Crippen LogP contribution in [0.15, 0.2) is 17.1 Å². The van der Waals surface area contributed by atoms with Gasteiger partial charge in [-0.05, 0) is 31.4 Å². The topological polar surface area (TPSA) is 47.9 Å². The molecule has 0 radical (unpaired) electrons. The summed E-state index contributed by atoms with van der Waals surface area (Å²) >= 11 is 0. The Hall–Kier alpha value is -1.80. The highest BCUT2D eigenvalue weighted by molar-refractivity contribution is 5.54. The van der Waals surface area contributed by atoms with Crippen LogP contribution in [-0.4, -0.2) is 20.3 Å². The second-order valence-electron chi connectivity index (χ2n) is 4.26. The van der Waals surface area contributed by atoms with Gasteiger partial charge in [-0.25, -0.2) is 4.79 Å². The summed E-state index contributed by atoms with van der Waals surface area (Å²) in [7, 11) is 3.22. The third kappa shape index (κ3) is 1.92. The van der Waals surface area contributed by atoms with Gasteiger partial charge in [-0.15, -0.1) is 0 Å². The third-order valence-corrected chi connectivity index (χ3v) is 3.18. The lowest BCUT2D eigenvalue weighted by atomic mass is 9.98. The Balaban J connectivity index is 2.57. The van der Waals surface area contributed by atoms with Gasteiger partial charge in [0.25, 0.3) is 0 Å². The van der Waals surface area contributed by atoms with Crippen LogP contribution in [-0.2, 0) is 10.3 Å². The molecular weight excluding hydrogens is 218 g/mol. The van der Waals surface area contributed by atoms with E-state index in [-0.39, 0.29) is 0 Å². The first-order valence-electron chi connectivity index (χ1n) is 5.49. The molecule has 0 amide bonds. The monoisotopic (exact) mass is 233 g/mol. The highest BCUT2D eigenvalue weighted by Crippen LogP contribution is 2.54. The first-order valence-corrected chi connectivity index (χ1v) is 5.49. The van der Waals surface area contributed by atoms with Crippen molar-refractivity contribution in [3.63, 3.8) is 0 Å². The van der Waals surface area contributed by atoms with E-state index in [2.05, 4.69) is 4.99 Å². The molecule has 2 rings (SSSR count). The molecule has 1 fully saturated rings. The lowest BCUT2D eigenvalue weighted by molar-refractivity contribution is 0.386. The number of aliphatic imine (C=N–C) groups is 1. The van der Waals surface area contributed by atoms with Crippen LogP contribution in [0.25, 0.3) is 0 Å². The molecule has 0 bridgehead atoms. The van der Waals surface area contributed by atoms with E-state index in [0.29, 0.717) is 0 Å². The largest absolute Gasteiger partial charge is 0.497 e. The average Bonchev–Trinajstić information content (AvgIpc) is 3.08. The molecule has 1 aliphatic carbocycles. The predicted octanol–water partition coefficient (Wildman–Crippen LogP) is 2.34. The Morgan fingerprint density at radius 3 is 2.47 bits per heavy atom. The Labute approximate surface area is 100 Å². The minimum absolute atomic E-state index is 0.413.